The number of hydrogen-bond donors (Lipinski definition) is 1. The predicted molar refractivity (Wildman–Crippen MR) is 89.8 cm³/mol. The van der Waals surface area contributed by atoms with Gasteiger partial charge in [0.2, 0.25) is 0 Å². The third kappa shape index (κ3) is 3.48. The number of benzene rings is 1. The first-order valence-corrected chi connectivity index (χ1v) is 7.84. The number of hydrogen-bond acceptors (Lipinski definition) is 4. The number of rotatable bonds is 4. The van der Waals surface area contributed by atoms with Crippen molar-refractivity contribution in [1.29, 1.82) is 0 Å². The minimum atomic E-state index is -0.217. The van der Waals surface area contributed by atoms with Gasteiger partial charge in [-0.1, -0.05) is 39.3 Å². The van der Waals surface area contributed by atoms with Crippen LogP contribution in [0.15, 0.2) is 57.8 Å². The van der Waals surface area contributed by atoms with E-state index in [-0.39, 0.29) is 5.91 Å². The van der Waals surface area contributed by atoms with E-state index in [1.807, 2.05) is 36.4 Å². The van der Waals surface area contributed by atoms with E-state index in [9.17, 15) is 4.79 Å². The minimum Gasteiger partial charge on any atom is -0.360 e. The zero-order chi connectivity index (χ0) is 16.2. The minimum absolute atomic E-state index is 0.217. The monoisotopic (exact) mass is 371 g/mol. The second-order valence-corrected chi connectivity index (χ2v) is 5.93. The lowest BCUT2D eigenvalue weighted by Crippen LogP contribution is -2.23. The van der Waals surface area contributed by atoms with Crippen molar-refractivity contribution in [3.8, 4) is 11.3 Å². The van der Waals surface area contributed by atoms with Crippen LogP contribution in [0.25, 0.3) is 11.3 Å². The third-order valence-electron chi connectivity index (χ3n) is 3.38. The number of nitrogens with zero attached hydrogens (tertiary/aromatic N) is 2. The number of aromatic nitrogens is 2. The molecule has 0 saturated carbocycles. The number of carbonyl (C=O) groups excluding carboxylic acids is 1. The maximum absolute atomic E-state index is 12.5. The summed E-state index contributed by atoms with van der Waals surface area (Å²) in [6, 6.07) is 11.3. The van der Waals surface area contributed by atoms with Crippen molar-refractivity contribution >= 4 is 21.8 Å². The van der Waals surface area contributed by atoms with Crippen LogP contribution < -0.4 is 5.32 Å². The highest BCUT2D eigenvalue weighted by atomic mass is 79.9. The van der Waals surface area contributed by atoms with Gasteiger partial charge in [0.1, 0.15) is 17.0 Å². The molecule has 2 heterocycles. The molecule has 5 nitrogen and oxygen atoms in total. The van der Waals surface area contributed by atoms with Crippen LogP contribution in [-0.2, 0) is 6.54 Å². The topological polar surface area (TPSA) is 68.0 Å². The Morgan fingerprint density at radius 3 is 2.74 bits per heavy atom. The van der Waals surface area contributed by atoms with Crippen molar-refractivity contribution in [2.24, 2.45) is 0 Å². The summed E-state index contributed by atoms with van der Waals surface area (Å²) in [6.07, 6.45) is 3.41. The molecule has 0 aliphatic carbocycles. The lowest BCUT2D eigenvalue weighted by molar-refractivity contribution is 0.0950. The molecule has 6 heteroatoms. The Balaban J connectivity index is 1.83. The maximum Gasteiger partial charge on any atom is 0.257 e. The van der Waals surface area contributed by atoms with Gasteiger partial charge in [-0.2, -0.15) is 0 Å². The van der Waals surface area contributed by atoms with Crippen LogP contribution in [0.5, 0.6) is 0 Å². The largest absolute Gasteiger partial charge is 0.360 e. The highest BCUT2D eigenvalue weighted by molar-refractivity contribution is 9.10. The molecule has 0 fully saturated rings. The summed E-state index contributed by atoms with van der Waals surface area (Å²) < 4.78 is 6.18. The molecule has 0 spiro atoms. The van der Waals surface area contributed by atoms with E-state index in [1.54, 1.807) is 19.3 Å². The summed E-state index contributed by atoms with van der Waals surface area (Å²) in [6.45, 7) is 2.13. The van der Waals surface area contributed by atoms with Crippen molar-refractivity contribution in [2.45, 2.75) is 13.5 Å². The van der Waals surface area contributed by atoms with Gasteiger partial charge >= 0.3 is 0 Å². The van der Waals surface area contributed by atoms with Crippen LogP contribution in [0.3, 0.4) is 0 Å². The van der Waals surface area contributed by atoms with Gasteiger partial charge in [0.05, 0.1) is 0 Å². The molecule has 0 atom stereocenters. The SMILES string of the molecule is Cc1onc(-c2ccc(Br)cc2)c1C(=O)NCc1cccnc1. The van der Waals surface area contributed by atoms with Gasteiger partial charge in [-0.05, 0) is 30.7 Å². The van der Waals surface area contributed by atoms with Crippen LogP contribution in [0.4, 0.5) is 0 Å². The lowest BCUT2D eigenvalue weighted by Gasteiger charge is -2.06. The van der Waals surface area contributed by atoms with Crippen molar-refractivity contribution in [3.63, 3.8) is 0 Å². The van der Waals surface area contributed by atoms with E-state index in [0.29, 0.717) is 23.6 Å². The van der Waals surface area contributed by atoms with E-state index in [2.05, 4.69) is 31.4 Å². The van der Waals surface area contributed by atoms with Gasteiger partial charge in [-0.3, -0.25) is 9.78 Å². The summed E-state index contributed by atoms with van der Waals surface area (Å²) in [5, 5.41) is 6.90. The molecule has 3 rings (SSSR count). The Morgan fingerprint density at radius 2 is 2.04 bits per heavy atom. The zero-order valence-electron chi connectivity index (χ0n) is 12.4. The molecule has 0 aliphatic rings. The molecule has 0 bridgehead atoms. The first kappa shape index (κ1) is 15.4. The summed E-state index contributed by atoms with van der Waals surface area (Å²) in [5.74, 6) is 0.275. The second-order valence-electron chi connectivity index (χ2n) is 5.01. The molecule has 1 aromatic carbocycles. The van der Waals surface area contributed by atoms with Crippen LogP contribution in [0, 0.1) is 6.92 Å². The Morgan fingerprint density at radius 1 is 1.26 bits per heavy atom. The van der Waals surface area contributed by atoms with Crippen molar-refractivity contribution in [1.82, 2.24) is 15.5 Å². The Labute approximate surface area is 141 Å². The van der Waals surface area contributed by atoms with Crippen molar-refractivity contribution in [3.05, 3.63) is 70.2 Å². The fourth-order valence-corrected chi connectivity index (χ4v) is 2.48. The normalized spacial score (nSPS) is 10.5. The van der Waals surface area contributed by atoms with Gasteiger partial charge in [-0.25, -0.2) is 0 Å². The number of halogens is 1. The predicted octanol–water partition coefficient (Wildman–Crippen LogP) is 3.74. The van der Waals surface area contributed by atoms with Gasteiger partial charge < -0.3 is 9.84 Å². The highest BCUT2D eigenvalue weighted by Crippen LogP contribution is 2.26. The fourth-order valence-electron chi connectivity index (χ4n) is 2.22. The van der Waals surface area contributed by atoms with Crippen molar-refractivity contribution < 1.29 is 9.32 Å². The van der Waals surface area contributed by atoms with E-state index < -0.39 is 0 Å². The smallest absolute Gasteiger partial charge is 0.257 e. The van der Waals surface area contributed by atoms with Gasteiger partial charge in [0, 0.05) is 29.0 Å². The fraction of sp³-hybridized carbons (Fsp3) is 0.118. The summed E-state index contributed by atoms with van der Waals surface area (Å²) in [4.78, 5) is 16.5. The van der Waals surface area contributed by atoms with E-state index in [4.69, 9.17) is 4.52 Å². The Kier molecular flexibility index (Phi) is 4.52. The molecule has 1 N–H and O–H groups in total. The number of amides is 1. The number of nitrogens with one attached hydrogen (secondary N) is 1. The molecule has 23 heavy (non-hydrogen) atoms. The van der Waals surface area contributed by atoms with Gasteiger partial charge in [0.25, 0.3) is 5.91 Å². The first-order valence-electron chi connectivity index (χ1n) is 7.04. The summed E-state index contributed by atoms with van der Waals surface area (Å²) >= 11 is 3.39. The summed E-state index contributed by atoms with van der Waals surface area (Å²) in [5.41, 5.74) is 2.76. The van der Waals surface area contributed by atoms with Crippen LogP contribution in [0.1, 0.15) is 21.7 Å². The Hall–Kier alpha value is -2.47. The standard InChI is InChI=1S/C17H14BrN3O2/c1-11-15(17(22)20-10-12-3-2-8-19-9-12)16(21-23-11)13-4-6-14(18)7-5-13/h2-9H,10H2,1H3,(H,20,22). The molecule has 0 radical (unpaired) electrons. The number of aryl methyl sites for hydroxylation is 1. The molecule has 116 valence electrons. The lowest BCUT2D eigenvalue weighted by atomic mass is 10.1. The van der Waals surface area contributed by atoms with Crippen LogP contribution in [-0.4, -0.2) is 16.0 Å². The number of carbonyl (C=O) groups is 1. The van der Waals surface area contributed by atoms with Crippen LogP contribution >= 0.6 is 15.9 Å². The maximum atomic E-state index is 12.5. The molecular formula is C17H14BrN3O2. The molecule has 0 unspecified atom stereocenters. The first-order chi connectivity index (χ1) is 11.1. The van der Waals surface area contributed by atoms with Gasteiger partial charge in [0.15, 0.2) is 0 Å². The zero-order valence-corrected chi connectivity index (χ0v) is 14.0. The highest BCUT2D eigenvalue weighted by Gasteiger charge is 2.21. The van der Waals surface area contributed by atoms with Crippen LogP contribution in [0.2, 0.25) is 0 Å². The average Bonchev–Trinajstić information content (AvgIpc) is 2.96. The summed E-state index contributed by atoms with van der Waals surface area (Å²) in [7, 11) is 0. The quantitative estimate of drug-likeness (QED) is 0.758. The van der Waals surface area contributed by atoms with Crippen molar-refractivity contribution in [2.75, 3.05) is 0 Å². The number of pyridine rings is 1. The molecule has 3 aromatic rings. The molecular weight excluding hydrogens is 358 g/mol. The second kappa shape index (κ2) is 6.75. The third-order valence-corrected chi connectivity index (χ3v) is 3.91. The Bertz CT molecular complexity index is 814. The van der Waals surface area contributed by atoms with E-state index in [1.165, 1.54) is 0 Å². The van der Waals surface area contributed by atoms with E-state index in [0.717, 1.165) is 15.6 Å². The molecule has 0 saturated heterocycles. The molecule has 0 aliphatic heterocycles. The van der Waals surface area contributed by atoms with E-state index >= 15 is 0 Å². The van der Waals surface area contributed by atoms with Gasteiger partial charge in [-0.15, -0.1) is 0 Å². The molecule has 1 amide bonds. The molecule has 2 aromatic heterocycles. The average molecular weight is 372 g/mol.